The number of hydrogen-bond acceptors (Lipinski definition) is 5. The zero-order chi connectivity index (χ0) is 16.4. The summed E-state index contributed by atoms with van der Waals surface area (Å²) in [5.41, 5.74) is 3.33. The average Bonchev–Trinajstić information content (AvgIpc) is 3.06. The summed E-state index contributed by atoms with van der Waals surface area (Å²) >= 11 is 0. The SMILES string of the molecule is N#Cc1ccc(-c2cnc3ccc(NC4CCOCC4)nn23)cc1. The zero-order valence-corrected chi connectivity index (χ0v) is 13.1. The number of anilines is 1. The molecule has 6 nitrogen and oxygen atoms in total. The number of rotatable bonds is 3. The van der Waals surface area contributed by atoms with E-state index < -0.39 is 0 Å². The molecule has 3 aromatic rings. The number of fused-ring (bicyclic) bond motifs is 1. The molecule has 3 heterocycles. The van der Waals surface area contributed by atoms with Gasteiger partial charge in [0.2, 0.25) is 0 Å². The fourth-order valence-corrected chi connectivity index (χ4v) is 2.91. The Balaban J connectivity index is 1.66. The van der Waals surface area contributed by atoms with Gasteiger partial charge in [0.15, 0.2) is 5.65 Å². The molecule has 2 aromatic heterocycles. The quantitative estimate of drug-likeness (QED) is 0.803. The summed E-state index contributed by atoms with van der Waals surface area (Å²) in [4.78, 5) is 4.41. The van der Waals surface area contributed by atoms with Crippen LogP contribution in [0, 0.1) is 11.3 Å². The first-order valence-corrected chi connectivity index (χ1v) is 8.03. The highest BCUT2D eigenvalue weighted by atomic mass is 16.5. The van der Waals surface area contributed by atoms with Crippen molar-refractivity contribution in [3.05, 3.63) is 48.2 Å². The first-order valence-electron chi connectivity index (χ1n) is 8.03. The summed E-state index contributed by atoms with van der Waals surface area (Å²) in [6, 6.07) is 13.9. The smallest absolute Gasteiger partial charge is 0.154 e. The molecule has 1 saturated heterocycles. The second-order valence-electron chi connectivity index (χ2n) is 5.85. The summed E-state index contributed by atoms with van der Waals surface area (Å²) in [6.07, 6.45) is 3.79. The highest BCUT2D eigenvalue weighted by Gasteiger charge is 2.15. The molecule has 1 aliphatic heterocycles. The van der Waals surface area contributed by atoms with Gasteiger partial charge in [0.1, 0.15) is 5.82 Å². The van der Waals surface area contributed by atoms with Gasteiger partial charge in [0.25, 0.3) is 0 Å². The van der Waals surface area contributed by atoms with E-state index >= 15 is 0 Å². The van der Waals surface area contributed by atoms with Crippen molar-refractivity contribution in [3.63, 3.8) is 0 Å². The van der Waals surface area contributed by atoms with Crippen LogP contribution < -0.4 is 5.32 Å². The van der Waals surface area contributed by atoms with E-state index in [0.717, 1.165) is 48.8 Å². The van der Waals surface area contributed by atoms with Crippen LogP contribution in [0.2, 0.25) is 0 Å². The van der Waals surface area contributed by atoms with E-state index in [1.807, 2.05) is 35.0 Å². The fraction of sp³-hybridized carbons (Fsp3) is 0.278. The van der Waals surface area contributed by atoms with Gasteiger partial charge in [-0.25, -0.2) is 9.50 Å². The molecule has 0 aliphatic carbocycles. The maximum Gasteiger partial charge on any atom is 0.154 e. The van der Waals surface area contributed by atoms with E-state index in [-0.39, 0.29) is 0 Å². The van der Waals surface area contributed by atoms with Gasteiger partial charge in [-0.3, -0.25) is 0 Å². The van der Waals surface area contributed by atoms with Crippen LogP contribution in [0.3, 0.4) is 0 Å². The van der Waals surface area contributed by atoms with E-state index in [4.69, 9.17) is 10.00 Å². The highest BCUT2D eigenvalue weighted by Crippen LogP contribution is 2.22. The van der Waals surface area contributed by atoms with Gasteiger partial charge in [-0.05, 0) is 37.1 Å². The Labute approximate surface area is 139 Å². The molecule has 1 aliphatic rings. The predicted octanol–water partition coefficient (Wildman–Crippen LogP) is 2.86. The van der Waals surface area contributed by atoms with Crippen LogP contribution in [0.1, 0.15) is 18.4 Å². The Hall–Kier alpha value is -2.91. The van der Waals surface area contributed by atoms with Crippen molar-refractivity contribution in [1.29, 1.82) is 5.26 Å². The van der Waals surface area contributed by atoms with Gasteiger partial charge in [0, 0.05) is 24.8 Å². The first-order chi connectivity index (χ1) is 11.8. The van der Waals surface area contributed by atoms with Crippen molar-refractivity contribution in [2.45, 2.75) is 18.9 Å². The van der Waals surface area contributed by atoms with Crippen LogP contribution in [0.5, 0.6) is 0 Å². The van der Waals surface area contributed by atoms with Gasteiger partial charge >= 0.3 is 0 Å². The van der Waals surface area contributed by atoms with E-state index in [1.54, 1.807) is 12.1 Å². The van der Waals surface area contributed by atoms with Crippen LogP contribution in [0.25, 0.3) is 16.9 Å². The van der Waals surface area contributed by atoms with Gasteiger partial charge in [-0.2, -0.15) is 5.26 Å². The molecule has 0 unspecified atom stereocenters. The normalized spacial score (nSPS) is 15.3. The minimum absolute atomic E-state index is 0.394. The van der Waals surface area contributed by atoms with Gasteiger partial charge in [-0.15, -0.1) is 5.10 Å². The largest absolute Gasteiger partial charge is 0.381 e. The van der Waals surface area contributed by atoms with Crippen molar-refractivity contribution < 1.29 is 4.74 Å². The molecule has 0 amide bonds. The molecule has 1 N–H and O–H groups in total. The number of benzene rings is 1. The van der Waals surface area contributed by atoms with Crippen molar-refractivity contribution in [2.24, 2.45) is 0 Å². The van der Waals surface area contributed by atoms with Gasteiger partial charge in [0.05, 0.1) is 23.5 Å². The van der Waals surface area contributed by atoms with Crippen molar-refractivity contribution in [1.82, 2.24) is 14.6 Å². The summed E-state index contributed by atoms with van der Waals surface area (Å²) < 4.78 is 7.23. The number of nitrogens with zero attached hydrogens (tertiary/aromatic N) is 4. The van der Waals surface area contributed by atoms with E-state index in [9.17, 15) is 0 Å². The van der Waals surface area contributed by atoms with Gasteiger partial charge in [-0.1, -0.05) is 12.1 Å². The number of nitrogens with one attached hydrogen (secondary N) is 1. The third-order valence-corrected chi connectivity index (χ3v) is 4.25. The molecular formula is C18H17N5O. The molecule has 120 valence electrons. The van der Waals surface area contributed by atoms with Crippen LogP contribution in [0.4, 0.5) is 5.82 Å². The molecule has 1 fully saturated rings. The summed E-state index contributed by atoms with van der Waals surface area (Å²) in [6.45, 7) is 1.59. The lowest BCUT2D eigenvalue weighted by Gasteiger charge is -2.23. The Morgan fingerprint density at radius 2 is 1.92 bits per heavy atom. The monoisotopic (exact) mass is 319 g/mol. The molecule has 24 heavy (non-hydrogen) atoms. The van der Waals surface area contributed by atoms with E-state index in [2.05, 4.69) is 21.5 Å². The van der Waals surface area contributed by atoms with Crippen molar-refractivity contribution in [2.75, 3.05) is 18.5 Å². The minimum atomic E-state index is 0.394. The standard InChI is InChI=1S/C18H17N5O/c19-11-13-1-3-14(4-2-13)16-12-20-18-6-5-17(22-23(16)18)21-15-7-9-24-10-8-15/h1-6,12,15H,7-10H2,(H,21,22). The van der Waals surface area contributed by atoms with E-state index in [1.165, 1.54) is 0 Å². The van der Waals surface area contributed by atoms with E-state index in [0.29, 0.717) is 11.6 Å². The van der Waals surface area contributed by atoms with Gasteiger partial charge < -0.3 is 10.1 Å². The Bertz CT molecular complexity index is 888. The van der Waals surface area contributed by atoms with Crippen LogP contribution in [-0.4, -0.2) is 33.9 Å². The average molecular weight is 319 g/mol. The number of aromatic nitrogens is 3. The number of ether oxygens (including phenoxy) is 1. The highest BCUT2D eigenvalue weighted by molar-refractivity contribution is 5.64. The van der Waals surface area contributed by atoms with Crippen molar-refractivity contribution in [3.8, 4) is 17.3 Å². The summed E-state index contributed by atoms with van der Waals surface area (Å²) in [5, 5.41) is 17.1. The molecule has 0 spiro atoms. The number of imidazole rings is 1. The zero-order valence-electron chi connectivity index (χ0n) is 13.1. The molecule has 1 aromatic carbocycles. The second kappa shape index (κ2) is 6.30. The first kappa shape index (κ1) is 14.7. The molecular weight excluding hydrogens is 302 g/mol. The van der Waals surface area contributed by atoms with Crippen LogP contribution >= 0.6 is 0 Å². The van der Waals surface area contributed by atoms with Crippen LogP contribution in [-0.2, 0) is 4.74 Å². The lowest BCUT2D eigenvalue weighted by Crippen LogP contribution is -2.28. The molecule has 4 rings (SSSR count). The maximum absolute atomic E-state index is 8.93. The fourth-order valence-electron chi connectivity index (χ4n) is 2.91. The Morgan fingerprint density at radius 3 is 2.67 bits per heavy atom. The molecule has 0 bridgehead atoms. The molecule has 0 radical (unpaired) electrons. The topological polar surface area (TPSA) is 75.2 Å². The van der Waals surface area contributed by atoms with Crippen LogP contribution in [0.15, 0.2) is 42.6 Å². The summed E-state index contributed by atoms with van der Waals surface area (Å²) in [5.74, 6) is 0.835. The second-order valence-corrected chi connectivity index (χ2v) is 5.85. The number of hydrogen-bond donors (Lipinski definition) is 1. The summed E-state index contributed by atoms with van der Waals surface area (Å²) in [7, 11) is 0. The third kappa shape index (κ3) is 2.82. The Kier molecular flexibility index (Phi) is 3.85. The minimum Gasteiger partial charge on any atom is -0.381 e. The lowest BCUT2D eigenvalue weighted by molar-refractivity contribution is 0.0903. The Morgan fingerprint density at radius 1 is 1.12 bits per heavy atom. The number of nitriles is 1. The predicted molar refractivity (Wildman–Crippen MR) is 90.6 cm³/mol. The molecule has 0 atom stereocenters. The molecule has 6 heteroatoms. The maximum atomic E-state index is 8.93. The lowest BCUT2D eigenvalue weighted by atomic mass is 10.1. The van der Waals surface area contributed by atoms with Crippen molar-refractivity contribution >= 4 is 11.5 Å². The molecule has 0 saturated carbocycles. The third-order valence-electron chi connectivity index (χ3n) is 4.25.